The Bertz CT molecular complexity index is 202. The van der Waals surface area contributed by atoms with Gasteiger partial charge in [-0.3, -0.25) is 4.98 Å². The van der Waals surface area contributed by atoms with Gasteiger partial charge in [-0.2, -0.15) is 10.3 Å². The summed E-state index contributed by atoms with van der Waals surface area (Å²) < 4.78 is 0. The Labute approximate surface area is 100 Å². The summed E-state index contributed by atoms with van der Waals surface area (Å²) in [6.07, 6.45) is 3.50. The van der Waals surface area contributed by atoms with Gasteiger partial charge in [-0.15, -0.1) is 0 Å². The second kappa shape index (κ2) is 22.5. The molecule has 0 N–H and O–H groups in total. The minimum absolute atomic E-state index is 0. The Kier molecular flexibility index (Phi) is 31.5. The van der Waals surface area contributed by atoms with Gasteiger partial charge in [-0.25, -0.2) is 0 Å². The van der Waals surface area contributed by atoms with Crippen LogP contribution >= 0.6 is 24.4 Å². The first-order chi connectivity index (χ1) is 5.83. The van der Waals surface area contributed by atoms with Crippen LogP contribution in [0.3, 0.4) is 0 Å². The van der Waals surface area contributed by atoms with Gasteiger partial charge in [-0.1, -0.05) is 30.5 Å². The summed E-state index contributed by atoms with van der Waals surface area (Å²) in [4.78, 5) is 3.78. The van der Waals surface area contributed by atoms with Gasteiger partial charge < -0.3 is 10.8 Å². The Morgan fingerprint density at radius 1 is 0.923 bits per heavy atom. The summed E-state index contributed by atoms with van der Waals surface area (Å²) in [7, 11) is 0. The van der Waals surface area contributed by atoms with E-state index in [1.807, 2.05) is 18.2 Å². The van der Waals surface area contributed by atoms with Crippen molar-refractivity contribution in [1.82, 2.24) is 4.98 Å². The number of nitrogens with zero attached hydrogens (tertiary/aromatic N) is 3. The van der Waals surface area contributed by atoms with Gasteiger partial charge in [0.25, 0.3) is 0 Å². The van der Waals surface area contributed by atoms with Gasteiger partial charge in [0, 0.05) is 12.4 Å². The molecule has 1 aromatic rings. The third-order valence-electron chi connectivity index (χ3n) is 0.566. The van der Waals surface area contributed by atoms with E-state index >= 15 is 0 Å². The molecule has 62 valence electrons. The van der Waals surface area contributed by atoms with Crippen molar-refractivity contribution in [3.8, 4) is 0 Å². The van der Waals surface area contributed by atoms with E-state index in [9.17, 15) is 0 Å². The summed E-state index contributed by atoms with van der Waals surface area (Å²) >= 11 is 7.40. The molecule has 0 amide bonds. The monoisotopic (exact) mass is 259 g/mol. The van der Waals surface area contributed by atoms with Crippen LogP contribution in [-0.2, 0) is 19.5 Å². The summed E-state index contributed by atoms with van der Waals surface area (Å²) in [5.41, 5.74) is 0. The maximum Gasteiger partial charge on any atom is 2.00 e. The van der Waals surface area contributed by atoms with E-state index in [1.165, 1.54) is 10.3 Å². The molecule has 0 aliphatic heterocycles. The summed E-state index contributed by atoms with van der Waals surface area (Å²) in [6.45, 7) is 0. The number of hydrogen-bond acceptors (Lipinski definition) is 3. The number of isothiocyanates is 2. The normalized spacial score (nSPS) is 4.92. The van der Waals surface area contributed by atoms with Gasteiger partial charge in [0.05, 0.1) is 0 Å². The standard InChI is InChI=1S/C5H5N.2CNS.Zn/c1-2-4-6-5-3-1;2*2-1-3;/h1-5H;;;/q;2*-1;+2. The average Bonchev–Trinajstić information content (AvgIpc) is 2.10. The first-order valence-electron chi connectivity index (χ1n) is 2.71. The maximum absolute atomic E-state index is 7.13. The first kappa shape index (κ1) is 18.2. The van der Waals surface area contributed by atoms with E-state index in [4.69, 9.17) is 10.8 Å². The van der Waals surface area contributed by atoms with Gasteiger partial charge in [0.1, 0.15) is 0 Å². The molecule has 0 atom stereocenters. The van der Waals surface area contributed by atoms with Crippen molar-refractivity contribution in [2.75, 3.05) is 0 Å². The molecule has 0 unspecified atom stereocenters. The molecule has 1 aromatic heterocycles. The fourth-order valence-corrected chi connectivity index (χ4v) is 0.313. The second-order valence-corrected chi connectivity index (χ2v) is 1.57. The van der Waals surface area contributed by atoms with E-state index in [2.05, 4.69) is 29.4 Å². The molecule has 0 fully saturated rings. The topological polar surface area (TPSA) is 57.5 Å². The van der Waals surface area contributed by atoms with E-state index in [-0.39, 0.29) is 19.5 Å². The molecule has 0 saturated heterocycles. The minimum Gasteiger partial charge on any atom is -0.753 e. The molecule has 6 heteroatoms. The average molecular weight is 261 g/mol. The summed E-state index contributed by atoms with van der Waals surface area (Å²) in [5.74, 6) is 0. The van der Waals surface area contributed by atoms with Crippen molar-refractivity contribution in [3.63, 3.8) is 0 Å². The van der Waals surface area contributed by atoms with Crippen molar-refractivity contribution in [1.29, 1.82) is 0 Å². The van der Waals surface area contributed by atoms with Crippen LogP contribution < -0.4 is 0 Å². The zero-order valence-electron chi connectivity index (χ0n) is 6.75. The third kappa shape index (κ3) is 34.6. The van der Waals surface area contributed by atoms with E-state index in [1.54, 1.807) is 12.4 Å². The molecule has 1 rings (SSSR count). The Morgan fingerprint density at radius 2 is 1.23 bits per heavy atom. The summed E-state index contributed by atoms with van der Waals surface area (Å²) in [5, 5.41) is 16.9. The van der Waals surface area contributed by atoms with Crippen molar-refractivity contribution < 1.29 is 19.5 Å². The number of rotatable bonds is 0. The molecule has 0 bridgehead atoms. The Balaban J connectivity index is -0.000000126. The van der Waals surface area contributed by atoms with Gasteiger partial charge in [0.15, 0.2) is 0 Å². The smallest absolute Gasteiger partial charge is 0.753 e. The van der Waals surface area contributed by atoms with Crippen LogP contribution in [0.25, 0.3) is 10.8 Å². The molecule has 0 aromatic carbocycles. The SMILES string of the molecule is [N-]=C=S.[N-]=C=S.[Zn+2].c1ccncc1. The second-order valence-electron chi connectivity index (χ2n) is 1.21. The zero-order valence-corrected chi connectivity index (χ0v) is 11.4. The predicted molar refractivity (Wildman–Crippen MR) is 56.2 cm³/mol. The summed E-state index contributed by atoms with van der Waals surface area (Å²) in [6, 6.07) is 5.72. The Hall–Kier alpha value is -0.627. The molecule has 0 aliphatic carbocycles. The number of hydrogen-bond donors (Lipinski definition) is 0. The molecule has 1 heterocycles. The molecular formula is C7H5N3S2Zn. The van der Waals surface area contributed by atoms with Crippen LogP contribution in [0.15, 0.2) is 30.6 Å². The van der Waals surface area contributed by atoms with Crippen molar-refractivity contribution in [3.05, 3.63) is 41.4 Å². The predicted octanol–water partition coefficient (Wildman–Crippen LogP) is 2.40. The number of pyridine rings is 1. The van der Waals surface area contributed by atoms with Gasteiger partial charge in [-0.05, 0) is 12.1 Å². The number of thiocarbonyl (C=S) groups is 2. The minimum atomic E-state index is 0. The van der Waals surface area contributed by atoms with Crippen molar-refractivity contribution >= 4 is 34.8 Å². The van der Waals surface area contributed by atoms with Crippen LogP contribution in [0, 0.1) is 0 Å². The molecular weight excluding hydrogens is 256 g/mol. The zero-order chi connectivity index (χ0) is 9.66. The van der Waals surface area contributed by atoms with Crippen LogP contribution in [0.1, 0.15) is 0 Å². The van der Waals surface area contributed by atoms with Crippen LogP contribution in [0.5, 0.6) is 0 Å². The van der Waals surface area contributed by atoms with E-state index < -0.39 is 0 Å². The third-order valence-corrected chi connectivity index (χ3v) is 0.566. The first-order valence-corrected chi connectivity index (χ1v) is 3.52. The number of aromatic nitrogens is 1. The maximum atomic E-state index is 7.13. The van der Waals surface area contributed by atoms with Gasteiger partial charge in [0.2, 0.25) is 0 Å². The molecule has 0 spiro atoms. The quantitative estimate of drug-likeness (QED) is 0.409. The van der Waals surface area contributed by atoms with E-state index in [0.29, 0.717) is 0 Å². The largest absolute Gasteiger partial charge is 2.00 e. The fourth-order valence-electron chi connectivity index (χ4n) is 0.313. The van der Waals surface area contributed by atoms with Crippen LogP contribution in [0.4, 0.5) is 0 Å². The van der Waals surface area contributed by atoms with Crippen molar-refractivity contribution in [2.45, 2.75) is 0 Å². The van der Waals surface area contributed by atoms with Crippen LogP contribution in [0.2, 0.25) is 0 Å². The molecule has 3 nitrogen and oxygen atoms in total. The van der Waals surface area contributed by atoms with Gasteiger partial charge >= 0.3 is 19.5 Å². The molecule has 0 saturated carbocycles. The molecule has 0 aliphatic rings. The molecule has 0 radical (unpaired) electrons. The van der Waals surface area contributed by atoms with Crippen molar-refractivity contribution in [2.24, 2.45) is 0 Å². The molecule has 13 heavy (non-hydrogen) atoms. The van der Waals surface area contributed by atoms with Crippen LogP contribution in [-0.4, -0.2) is 15.3 Å². The van der Waals surface area contributed by atoms with E-state index in [0.717, 1.165) is 0 Å². The fraction of sp³-hybridized carbons (Fsp3) is 0. The Morgan fingerprint density at radius 3 is 1.31 bits per heavy atom.